The molecule has 76 valence electrons. The van der Waals surface area contributed by atoms with Crippen molar-refractivity contribution in [2.75, 3.05) is 7.11 Å². The van der Waals surface area contributed by atoms with Crippen LogP contribution in [0.5, 0.6) is 5.75 Å². The molecule has 0 aromatic heterocycles. The van der Waals surface area contributed by atoms with E-state index in [9.17, 15) is 9.18 Å². The van der Waals surface area contributed by atoms with E-state index in [1.165, 1.54) is 13.2 Å². The maximum Gasteiger partial charge on any atom is 0.131 e. The van der Waals surface area contributed by atoms with Crippen molar-refractivity contribution >= 4 is 22.2 Å². The summed E-state index contributed by atoms with van der Waals surface area (Å²) in [7, 11) is 1.45. The molecule has 0 fully saturated rings. The van der Waals surface area contributed by atoms with Crippen LogP contribution >= 0.6 is 15.9 Å². The van der Waals surface area contributed by atoms with Gasteiger partial charge in [0.15, 0.2) is 0 Å². The molecular weight excluding hydrogens is 251 g/mol. The lowest BCUT2D eigenvalue weighted by Crippen LogP contribution is -2.02. The van der Waals surface area contributed by atoms with Crippen molar-refractivity contribution in [3.05, 3.63) is 28.0 Å². The van der Waals surface area contributed by atoms with Crippen LogP contribution < -0.4 is 4.74 Å². The first-order valence-electron chi connectivity index (χ1n) is 4.08. The summed E-state index contributed by atoms with van der Waals surface area (Å²) in [5.41, 5.74) is 0.297. The average Bonchev–Trinajstić information content (AvgIpc) is 2.15. The Balaban J connectivity index is 3.31. The quantitative estimate of drug-likeness (QED) is 0.782. The van der Waals surface area contributed by atoms with Gasteiger partial charge in [-0.15, -0.1) is 0 Å². The molecule has 0 aliphatic rings. The van der Waals surface area contributed by atoms with E-state index in [-0.39, 0.29) is 0 Å². The lowest BCUT2D eigenvalue weighted by atomic mass is 10.0. The molecule has 4 heteroatoms. The third kappa shape index (κ3) is 2.12. The van der Waals surface area contributed by atoms with Crippen molar-refractivity contribution in [3.8, 4) is 5.75 Å². The van der Waals surface area contributed by atoms with Crippen molar-refractivity contribution in [3.63, 3.8) is 0 Å². The van der Waals surface area contributed by atoms with Gasteiger partial charge in [0.2, 0.25) is 0 Å². The molecular formula is C10H10BrFO2. The van der Waals surface area contributed by atoms with Crippen molar-refractivity contribution < 1.29 is 13.9 Å². The number of hydrogen-bond donors (Lipinski definition) is 0. The maximum absolute atomic E-state index is 13.5. The molecule has 0 heterocycles. The Labute approximate surface area is 90.2 Å². The Morgan fingerprint density at radius 3 is 2.71 bits per heavy atom. The topological polar surface area (TPSA) is 26.3 Å². The van der Waals surface area contributed by atoms with E-state index in [4.69, 9.17) is 4.74 Å². The number of benzene rings is 1. The van der Waals surface area contributed by atoms with Gasteiger partial charge in [0, 0.05) is 16.0 Å². The molecule has 0 N–H and O–H groups in total. The molecule has 1 rings (SSSR count). The first-order chi connectivity index (χ1) is 6.60. The maximum atomic E-state index is 13.5. The first-order valence-corrected chi connectivity index (χ1v) is 4.87. The molecule has 0 amide bonds. The minimum Gasteiger partial charge on any atom is -0.496 e. The van der Waals surface area contributed by atoms with E-state index in [0.29, 0.717) is 22.1 Å². The smallest absolute Gasteiger partial charge is 0.131 e. The average molecular weight is 261 g/mol. The number of ether oxygens (including phenoxy) is 1. The van der Waals surface area contributed by atoms with Crippen LogP contribution in [0.4, 0.5) is 4.39 Å². The Hall–Kier alpha value is -0.900. The fourth-order valence-corrected chi connectivity index (χ4v) is 1.65. The summed E-state index contributed by atoms with van der Waals surface area (Å²) >= 11 is 3.15. The summed E-state index contributed by atoms with van der Waals surface area (Å²) in [6.45, 7) is 1.63. The number of carbonyl (C=O) groups is 1. The number of carbonyl (C=O) groups excluding carboxylic acids is 1. The van der Waals surface area contributed by atoms with Crippen LogP contribution in [0.2, 0.25) is 0 Å². The van der Waals surface area contributed by atoms with Crippen molar-refractivity contribution in [1.82, 2.24) is 0 Å². The molecule has 0 saturated carbocycles. The zero-order chi connectivity index (χ0) is 10.7. The second kappa shape index (κ2) is 4.55. The van der Waals surface area contributed by atoms with Gasteiger partial charge < -0.3 is 9.53 Å². The fourth-order valence-electron chi connectivity index (χ4n) is 1.24. The number of methoxy groups -OCH3 is 1. The second-order valence-corrected chi connectivity index (χ2v) is 3.84. The van der Waals surface area contributed by atoms with Crippen LogP contribution in [0.25, 0.3) is 0 Å². The predicted octanol–water partition coefficient (Wildman–Crippen LogP) is 2.90. The number of aldehydes is 1. The normalized spacial score (nSPS) is 12.3. The summed E-state index contributed by atoms with van der Waals surface area (Å²) in [4.78, 5) is 10.6. The van der Waals surface area contributed by atoms with Gasteiger partial charge in [-0.25, -0.2) is 4.39 Å². The van der Waals surface area contributed by atoms with Crippen LogP contribution in [0.1, 0.15) is 18.4 Å². The molecule has 0 bridgehead atoms. The standard InChI is InChI=1S/C10H10BrFO2/c1-6(5-13)10-8(12)3-7(11)4-9(10)14-2/h3-6H,1-2H3. The van der Waals surface area contributed by atoms with Gasteiger partial charge in [0.1, 0.15) is 17.9 Å². The van der Waals surface area contributed by atoms with E-state index >= 15 is 0 Å². The summed E-state index contributed by atoms with van der Waals surface area (Å²) in [5, 5.41) is 0. The summed E-state index contributed by atoms with van der Waals surface area (Å²) in [5.74, 6) is -0.551. The highest BCUT2D eigenvalue weighted by molar-refractivity contribution is 9.10. The van der Waals surface area contributed by atoms with Crippen LogP contribution in [0, 0.1) is 5.82 Å². The highest BCUT2D eigenvalue weighted by Gasteiger charge is 2.16. The SMILES string of the molecule is COc1cc(Br)cc(F)c1C(C)C=O. The van der Waals surface area contributed by atoms with Gasteiger partial charge in [-0.1, -0.05) is 22.9 Å². The van der Waals surface area contributed by atoms with Crippen molar-refractivity contribution in [2.45, 2.75) is 12.8 Å². The van der Waals surface area contributed by atoms with Crippen molar-refractivity contribution in [2.24, 2.45) is 0 Å². The molecule has 1 atom stereocenters. The minimum atomic E-state index is -0.502. The highest BCUT2D eigenvalue weighted by atomic mass is 79.9. The molecule has 0 radical (unpaired) electrons. The molecule has 14 heavy (non-hydrogen) atoms. The monoisotopic (exact) mass is 260 g/mol. The van der Waals surface area contributed by atoms with Gasteiger partial charge in [0.25, 0.3) is 0 Å². The Morgan fingerprint density at radius 2 is 2.21 bits per heavy atom. The molecule has 1 aromatic carbocycles. The number of hydrogen-bond acceptors (Lipinski definition) is 2. The largest absolute Gasteiger partial charge is 0.496 e. The Bertz CT molecular complexity index is 352. The number of rotatable bonds is 3. The zero-order valence-corrected chi connectivity index (χ0v) is 9.47. The highest BCUT2D eigenvalue weighted by Crippen LogP contribution is 2.31. The third-order valence-corrected chi connectivity index (χ3v) is 2.39. The van der Waals surface area contributed by atoms with E-state index < -0.39 is 11.7 Å². The van der Waals surface area contributed by atoms with Crippen LogP contribution in [-0.2, 0) is 4.79 Å². The fraction of sp³-hybridized carbons (Fsp3) is 0.300. The summed E-state index contributed by atoms with van der Waals surface area (Å²) < 4.78 is 19.1. The van der Waals surface area contributed by atoms with Crippen molar-refractivity contribution in [1.29, 1.82) is 0 Å². The number of halogens is 2. The van der Waals surface area contributed by atoms with E-state index in [1.807, 2.05) is 0 Å². The second-order valence-electron chi connectivity index (χ2n) is 2.93. The van der Waals surface area contributed by atoms with Gasteiger partial charge in [0.05, 0.1) is 7.11 Å². The van der Waals surface area contributed by atoms with Crippen LogP contribution in [0.15, 0.2) is 16.6 Å². The van der Waals surface area contributed by atoms with E-state index in [2.05, 4.69) is 15.9 Å². The molecule has 2 nitrogen and oxygen atoms in total. The molecule has 1 aromatic rings. The van der Waals surface area contributed by atoms with Gasteiger partial charge in [-0.05, 0) is 12.1 Å². The lowest BCUT2D eigenvalue weighted by Gasteiger charge is -2.12. The summed E-state index contributed by atoms with van der Waals surface area (Å²) in [6.07, 6.45) is 0.689. The molecule has 0 saturated heterocycles. The Morgan fingerprint density at radius 1 is 1.57 bits per heavy atom. The molecule has 0 aliphatic heterocycles. The molecule has 1 unspecified atom stereocenters. The Kier molecular flexibility index (Phi) is 3.63. The van der Waals surface area contributed by atoms with Crippen LogP contribution in [0.3, 0.4) is 0 Å². The van der Waals surface area contributed by atoms with E-state index in [1.54, 1.807) is 13.0 Å². The first kappa shape index (κ1) is 11.2. The molecule has 0 spiro atoms. The summed E-state index contributed by atoms with van der Waals surface area (Å²) in [6, 6.07) is 2.95. The van der Waals surface area contributed by atoms with Crippen LogP contribution in [-0.4, -0.2) is 13.4 Å². The van der Waals surface area contributed by atoms with E-state index in [0.717, 1.165) is 0 Å². The lowest BCUT2D eigenvalue weighted by molar-refractivity contribution is -0.108. The van der Waals surface area contributed by atoms with Gasteiger partial charge in [-0.3, -0.25) is 0 Å². The zero-order valence-electron chi connectivity index (χ0n) is 7.88. The minimum absolute atomic E-state index is 0.297. The predicted molar refractivity (Wildman–Crippen MR) is 55.1 cm³/mol. The van der Waals surface area contributed by atoms with Gasteiger partial charge >= 0.3 is 0 Å². The molecule has 0 aliphatic carbocycles. The third-order valence-electron chi connectivity index (χ3n) is 1.94. The van der Waals surface area contributed by atoms with Gasteiger partial charge in [-0.2, -0.15) is 0 Å².